The van der Waals surface area contributed by atoms with Crippen molar-refractivity contribution in [1.29, 1.82) is 0 Å². The summed E-state index contributed by atoms with van der Waals surface area (Å²) in [5, 5.41) is 3.06. The second-order valence-corrected chi connectivity index (χ2v) is 5.92. The molecule has 23 heavy (non-hydrogen) atoms. The molecule has 7 N–H and O–H groups in total. The predicted octanol–water partition coefficient (Wildman–Crippen LogP) is 0.361. The van der Waals surface area contributed by atoms with Gasteiger partial charge in [-0.25, -0.2) is 4.28 Å². The summed E-state index contributed by atoms with van der Waals surface area (Å²) in [5.74, 6) is 0.0254. The third kappa shape index (κ3) is 8.38. The topological polar surface area (TPSA) is 174 Å². The quantitative estimate of drug-likeness (QED) is 0.263. The molecular weight excluding hydrogens is 326 g/mol. The Morgan fingerprint density at radius 1 is 1.26 bits per heavy atom. The number of rotatable bonds is 10. The van der Waals surface area contributed by atoms with Crippen molar-refractivity contribution in [3.8, 4) is 0 Å². The average molecular weight is 351 g/mol. The summed E-state index contributed by atoms with van der Waals surface area (Å²) in [6, 6.07) is 1.37. The predicted molar refractivity (Wildman–Crippen MR) is 85.2 cm³/mol. The van der Waals surface area contributed by atoms with Crippen molar-refractivity contribution in [2.24, 2.45) is 0 Å². The second kappa shape index (κ2) is 10.0. The van der Waals surface area contributed by atoms with E-state index >= 15 is 0 Å². The van der Waals surface area contributed by atoms with Crippen LogP contribution in [0, 0.1) is 0 Å². The normalized spacial score (nSPS) is 10.9. The maximum absolute atomic E-state index is 10.7. The first-order valence-corrected chi connectivity index (χ1v) is 8.59. The maximum Gasteiger partial charge on any atom is 0.474 e. The van der Waals surface area contributed by atoms with Gasteiger partial charge < -0.3 is 22.3 Å². The third-order valence-corrected chi connectivity index (χ3v) is 3.30. The number of hydrogen-bond acceptors (Lipinski definition) is 8. The first-order chi connectivity index (χ1) is 10.3. The van der Waals surface area contributed by atoms with Crippen molar-refractivity contribution in [2.75, 3.05) is 23.3 Å². The van der Waals surface area contributed by atoms with Gasteiger partial charge in [-0.2, -0.15) is 8.42 Å². The van der Waals surface area contributed by atoms with Crippen LogP contribution in [-0.4, -0.2) is 30.0 Å². The highest BCUT2D eigenvalue weighted by atomic mass is 32.3. The molecule has 1 rings (SSSR count). The van der Waals surface area contributed by atoms with Gasteiger partial charge in [0.1, 0.15) is 0 Å². The Morgan fingerprint density at radius 2 is 1.87 bits per heavy atom. The molecule has 0 aromatic carbocycles. The van der Waals surface area contributed by atoms with Gasteiger partial charge in [-0.15, -0.1) is 0 Å². The maximum atomic E-state index is 10.7. The van der Waals surface area contributed by atoms with Crippen molar-refractivity contribution < 1.29 is 27.5 Å². The molecule has 0 saturated heterocycles. The minimum atomic E-state index is -4.72. The second-order valence-electron chi connectivity index (χ2n) is 4.92. The Hall–Kier alpha value is -1.85. The van der Waals surface area contributed by atoms with Gasteiger partial charge in [-0.1, -0.05) is 44.0 Å². The van der Waals surface area contributed by atoms with E-state index in [2.05, 4.69) is 21.5 Å². The van der Waals surface area contributed by atoms with Gasteiger partial charge in [0.25, 0.3) is 0 Å². The minimum absolute atomic E-state index is 0. The highest BCUT2D eigenvalue weighted by Gasteiger charge is 2.19. The summed E-state index contributed by atoms with van der Waals surface area (Å²) >= 11 is 0. The SMILES string of the molecule is CCCCCCCCNc1cc(N)[n+](OS(=O)(=O)O)c(N)n1.[OH-]. The summed E-state index contributed by atoms with van der Waals surface area (Å²) in [5.41, 5.74) is 11.2. The third-order valence-electron chi connectivity index (χ3n) is 2.97. The molecule has 134 valence electrons. The van der Waals surface area contributed by atoms with Crippen molar-refractivity contribution in [3.05, 3.63) is 6.07 Å². The van der Waals surface area contributed by atoms with Crippen LogP contribution in [0.4, 0.5) is 17.6 Å². The van der Waals surface area contributed by atoms with Crippen LogP contribution >= 0.6 is 0 Å². The zero-order valence-electron chi connectivity index (χ0n) is 13.1. The van der Waals surface area contributed by atoms with Crippen LogP contribution in [0.1, 0.15) is 45.4 Å². The van der Waals surface area contributed by atoms with E-state index in [0.29, 0.717) is 17.1 Å². The summed E-state index contributed by atoms with van der Waals surface area (Å²) in [4.78, 5) is 3.91. The van der Waals surface area contributed by atoms with Crippen molar-refractivity contribution in [2.45, 2.75) is 45.4 Å². The van der Waals surface area contributed by atoms with Crippen LogP contribution in [0.15, 0.2) is 6.07 Å². The molecule has 0 unspecified atom stereocenters. The molecule has 0 bridgehead atoms. The number of nitrogens with one attached hydrogen (secondary N) is 1. The molecule has 0 atom stereocenters. The molecule has 0 aliphatic carbocycles. The number of nitrogens with two attached hydrogens (primary N) is 2. The first-order valence-electron chi connectivity index (χ1n) is 7.22. The fourth-order valence-corrected chi connectivity index (χ4v) is 2.27. The number of anilines is 3. The van der Waals surface area contributed by atoms with Crippen LogP contribution in [0.5, 0.6) is 0 Å². The molecule has 11 heteroatoms. The van der Waals surface area contributed by atoms with Gasteiger partial charge in [0, 0.05) is 6.54 Å². The zero-order valence-corrected chi connectivity index (χ0v) is 13.9. The molecule has 0 radical (unpaired) electrons. The summed E-state index contributed by atoms with van der Waals surface area (Å²) in [6.45, 7) is 2.89. The van der Waals surface area contributed by atoms with E-state index in [1.807, 2.05) is 0 Å². The van der Waals surface area contributed by atoms with Gasteiger partial charge >= 0.3 is 16.3 Å². The molecular formula is C12H25N5O5S. The molecule has 1 heterocycles. The molecule has 1 aromatic rings. The Labute approximate surface area is 136 Å². The lowest BCUT2D eigenvalue weighted by atomic mass is 10.1. The lowest BCUT2D eigenvalue weighted by molar-refractivity contribution is -0.835. The Bertz CT molecular complexity index is 558. The monoisotopic (exact) mass is 351 g/mol. The van der Waals surface area contributed by atoms with Crippen LogP contribution in [-0.2, 0) is 10.4 Å². The average Bonchev–Trinajstić information content (AvgIpc) is 2.41. The lowest BCUT2D eigenvalue weighted by Gasteiger charge is -2.07. The number of unbranched alkanes of at least 4 members (excludes halogenated alkanes) is 5. The van der Waals surface area contributed by atoms with Gasteiger partial charge in [0.05, 0.1) is 6.07 Å². The van der Waals surface area contributed by atoms with E-state index < -0.39 is 10.4 Å². The van der Waals surface area contributed by atoms with E-state index in [0.717, 1.165) is 12.8 Å². The van der Waals surface area contributed by atoms with Crippen LogP contribution in [0.3, 0.4) is 0 Å². The summed E-state index contributed by atoms with van der Waals surface area (Å²) < 4.78 is 34.7. The van der Waals surface area contributed by atoms with Gasteiger partial charge in [-0.05, 0) is 11.2 Å². The highest BCUT2D eigenvalue weighted by molar-refractivity contribution is 7.80. The summed E-state index contributed by atoms with van der Waals surface area (Å²) in [6.07, 6.45) is 7.03. The van der Waals surface area contributed by atoms with E-state index in [1.54, 1.807) is 0 Å². The van der Waals surface area contributed by atoms with Crippen LogP contribution in [0.2, 0.25) is 0 Å². The lowest BCUT2D eigenvalue weighted by Crippen LogP contribution is -2.50. The van der Waals surface area contributed by atoms with E-state index in [1.165, 1.54) is 31.7 Å². The number of hydrogen-bond donors (Lipinski definition) is 4. The van der Waals surface area contributed by atoms with Gasteiger partial charge in [0.2, 0.25) is 5.82 Å². The number of aromatic nitrogens is 2. The summed E-state index contributed by atoms with van der Waals surface area (Å²) in [7, 11) is -4.72. The van der Waals surface area contributed by atoms with E-state index in [4.69, 9.17) is 16.0 Å². The first kappa shape index (κ1) is 21.1. The standard InChI is InChI=1S/C12H23N5O4S.H2O/c1-2-3-4-5-6-7-8-15-11-9-10(13)17(12(14)16-11)21-22(18,19)20;/h9H,2-8H2,1H3,(H5,13,14,15,16,18,19,20);1H2. The molecule has 0 saturated carbocycles. The fraction of sp³-hybridized carbons (Fsp3) is 0.667. The van der Waals surface area contributed by atoms with Crippen molar-refractivity contribution in [1.82, 2.24) is 4.98 Å². The van der Waals surface area contributed by atoms with Crippen LogP contribution < -0.4 is 25.8 Å². The zero-order chi connectivity index (χ0) is 16.6. The van der Waals surface area contributed by atoms with Crippen molar-refractivity contribution >= 4 is 28.0 Å². The minimum Gasteiger partial charge on any atom is -0.870 e. The van der Waals surface area contributed by atoms with Crippen molar-refractivity contribution in [3.63, 3.8) is 0 Å². The van der Waals surface area contributed by atoms with Gasteiger partial charge in [-0.3, -0.25) is 4.55 Å². The molecule has 0 fully saturated rings. The molecule has 0 spiro atoms. The van der Waals surface area contributed by atoms with Crippen LogP contribution in [0.25, 0.3) is 0 Å². The van der Waals surface area contributed by atoms with Gasteiger partial charge in [0.15, 0.2) is 5.82 Å². The number of nitrogens with zero attached hydrogens (tertiary/aromatic N) is 2. The molecule has 10 nitrogen and oxygen atoms in total. The Balaban J connectivity index is 0.00000484. The Kier molecular flexibility index (Phi) is 9.22. The molecule has 0 amide bonds. The molecule has 1 aromatic heterocycles. The molecule has 0 aliphatic rings. The fourth-order valence-electron chi connectivity index (χ4n) is 1.92. The van der Waals surface area contributed by atoms with E-state index in [-0.39, 0.29) is 17.2 Å². The largest absolute Gasteiger partial charge is 0.870 e. The smallest absolute Gasteiger partial charge is 0.474 e. The number of nitrogen functional groups attached to an aromatic ring is 2. The Morgan fingerprint density at radius 3 is 2.43 bits per heavy atom. The van der Waals surface area contributed by atoms with E-state index in [9.17, 15) is 8.42 Å². The molecule has 0 aliphatic heterocycles. The highest BCUT2D eigenvalue weighted by Crippen LogP contribution is 2.09.